The van der Waals surface area contributed by atoms with Crippen molar-refractivity contribution in [2.45, 2.75) is 89.9 Å². The second kappa shape index (κ2) is 19.5. The minimum Gasteiger partial charge on any atom is -0.459 e. The number of hydrogen-bond acceptors (Lipinski definition) is 9. The molecule has 316 valence electrons. The second-order valence-electron chi connectivity index (χ2n) is 15.1. The average Bonchev–Trinajstić information content (AvgIpc) is 3.43. The molecule has 3 aromatic rings. The number of halogens is 3. The molecule has 0 saturated heterocycles. The van der Waals surface area contributed by atoms with Crippen molar-refractivity contribution in [3.63, 3.8) is 0 Å². The van der Waals surface area contributed by atoms with Crippen molar-refractivity contribution in [2.24, 2.45) is 5.92 Å². The van der Waals surface area contributed by atoms with Crippen molar-refractivity contribution >= 4 is 41.6 Å². The standard InChI is InChI=1S/C42H48F3N5O9/c1-26(2)41(42(43,44)45,49-35(53)32(23-27-15-8-6-9-16-27)50-36(54)29-19-12-13-20-30(29)37(50)55)38(56)48-31(34(52)47-24-33(51)59-40(3,4)5)21-14-22-46-39(57)58-25-28-17-10-7-11-18-28/h6-13,15-20,26,31-32H,14,21-25H2,1-5H3,(H,46,57)(H,47,52)(H,48,56)(H,49,53)/t31-,32+,41?/m0/s1. The number of nitrogens with one attached hydrogen (secondary N) is 4. The van der Waals surface area contributed by atoms with Crippen LogP contribution in [0.15, 0.2) is 84.9 Å². The predicted molar refractivity (Wildman–Crippen MR) is 207 cm³/mol. The summed E-state index contributed by atoms with van der Waals surface area (Å²) in [6, 6.07) is 18.9. The van der Waals surface area contributed by atoms with Gasteiger partial charge in [0.1, 0.15) is 30.8 Å². The smallest absolute Gasteiger partial charge is 0.420 e. The van der Waals surface area contributed by atoms with E-state index in [1.54, 1.807) is 81.4 Å². The Kier molecular flexibility index (Phi) is 15.0. The molecule has 6 amide bonds. The van der Waals surface area contributed by atoms with E-state index in [2.05, 4.69) is 16.0 Å². The van der Waals surface area contributed by atoms with E-state index in [4.69, 9.17) is 9.47 Å². The number of alkyl carbamates (subject to hydrolysis) is 1. The van der Waals surface area contributed by atoms with E-state index in [0.29, 0.717) is 16.0 Å². The SMILES string of the molecule is CC(C)C(NC(=O)[C@@H](Cc1ccccc1)N1C(=O)c2ccccc2C1=O)(C(=O)N[C@@H](CCCNC(=O)OCc1ccccc1)C(=O)NCC(=O)OC(C)(C)C)C(F)(F)F. The van der Waals surface area contributed by atoms with Crippen LogP contribution in [-0.4, -0.2) is 89.0 Å². The fourth-order valence-corrected chi connectivity index (χ4v) is 6.37. The number of nitrogens with zero attached hydrogens (tertiary/aromatic N) is 1. The molecule has 1 unspecified atom stereocenters. The van der Waals surface area contributed by atoms with Crippen molar-refractivity contribution in [2.75, 3.05) is 13.1 Å². The van der Waals surface area contributed by atoms with Gasteiger partial charge in [0.25, 0.3) is 17.7 Å². The van der Waals surface area contributed by atoms with Crippen LogP contribution in [0, 0.1) is 5.92 Å². The number of fused-ring (bicyclic) bond motifs is 1. The van der Waals surface area contributed by atoms with E-state index >= 15 is 13.2 Å². The van der Waals surface area contributed by atoms with Crippen LogP contribution in [0.25, 0.3) is 0 Å². The van der Waals surface area contributed by atoms with Gasteiger partial charge in [0.05, 0.1) is 11.1 Å². The van der Waals surface area contributed by atoms with Gasteiger partial charge in [-0.3, -0.25) is 33.7 Å². The van der Waals surface area contributed by atoms with Gasteiger partial charge in [0, 0.05) is 13.0 Å². The number of hydrogen-bond donors (Lipinski definition) is 4. The zero-order valence-electron chi connectivity index (χ0n) is 33.3. The number of carbonyl (C=O) groups is 7. The van der Waals surface area contributed by atoms with Crippen LogP contribution in [0.3, 0.4) is 0 Å². The maximum atomic E-state index is 15.5. The lowest BCUT2D eigenvalue weighted by molar-refractivity contribution is -0.212. The Balaban J connectivity index is 1.60. The van der Waals surface area contributed by atoms with Gasteiger partial charge in [-0.05, 0) is 62.8 Å². The van der Waals surface area contributed by atoms with Gasteiger partial charge in [-0.2, -0.15) is 13.2 Å². The van der Waals surface area contributed by atoms with Gasteiger partial charge in [0.15, 0.2) is 0 Å². The molecule has 1 aliphatic heterocycles. The Morgan fingerprint density at radius 2 is 1.29 bits per heavy atom. The lowest BCUT2D eigenvalue weighted by Crippen LogP contribution is -2.73. The Labute approximate surface area is 339 Å². The molecule has 0 fully saturated rings. The molecule has 0 saturated carbocycles. The summed E-state index contributed by atoms with van der Waals surface area (Å²) in [5.41, 5.74) is -3.63. The highest BCUT2D eigenvalue weighted by Gasteiger charge is 2.64. The van der Waals surface area contributed by atoms with Gasteiger partial charge in [-0.15, -0.1) is 0 Å². The highest BCUT2D eigenvalue weighted by molar-refractivity contribution is 6.23. The number of amides is 6. The third-order valence-electron chi connectivity index (χ3n) is 9.30. The number of imide groups is 1. The van der Waals surface area contributed by atoms with Crippen LogP contribution in [0.5, 0.6) is 0 Å². The average molecular weight is 824 g/mol. The molecule has 17 heteroatoms. The minimum absolute atomic E-state index is 0.0436. The Morgan fingerprint density at radius 1 is 0.746 bits per heavy atom. The first kappa shape index (κ1) is 45.4. The summed E-state index contributed by atoms with van der Waals surface area (Å²) in [5, 5.41) is 8.72. The van der Waals surface area contributed by atoms with Crippen LogP contribution < -0.4 is 21.3 Å². The molecular formula is C42H48F3N5O9. The third kappa shape index (κ3) is 11.7. The lowest BCUT2D eigenvalue weighted by atomic mass is 9.83. The lowest BCUT2D eigenvalue weighted by Gasteiger charge is -2.40. The molecule has 0 spiro atoms. The Bertz CT molecular complexity index is 1970. The molecule has 14 nitrogen and oxygen atoms in total. The maximum Gasteiger partial charge on any atom is 0.420 e. The van der Waals surface area contributed by atoms with Gasteiger partial charge in [0.2, 0.25) is 17.4 Å². The van der Waals surface area contributed by atoms with Crippen molar-refractivity contribution in [3.05, 3.63) is 107 Å². The summed E-state index contributed by atoms with van der Waals surface area (Å²) in [6.07, 6.45) is -7.15. The molecule has 0 aliphatic carbocycles. The van der Waals surface area contributed by atoms with E-state index in [1.165, 1.54) is 24.3 Å². The fourth-order valence-electron chi connectivity index (χ4n) is 6.37. The summed E-state index contributed by atoms with van der Waals surface area (Å²) in [5.74, 6) is -8.77. The number of rotatable bonds is 17. The topological polar surface area (TPSA) is 189 Å². The zero-order chi connectivity index (χ0) is 43.5. The normalized spacial score (nSPS) is 14.7. The number of ether oxygens (including phenoxy) is 2. The third-order valence-corrected chi connectivity index (χ3v) is 9.30. The molecule has 4 rings (SSSR count). The fraction of sp³-hybridized carbons (Fsp3) is 0.405. The predicted octanol–water partition coefficient (Wildman–Crippen LogP) is 4.62. The molecule has 3 aromatic carbocycles. The Morgan fingerprint density at radius 3 is 1.81 bits per heavy atom. The summed E-state index contributed by atoms with van der Waals surface area (Å²) in [6.45, 7) is 5.95. The molecule has 59 heavy (non-hydrogen) atoms. The molecule has 3 atom stereocenters. The van der Waals surface area contributed by atoms with E-state index in [9.17, 15) is 33.6 Å². The van der Waals surface area contributed by atoms with Gasteiger partial charge in [-0.1, -0.05) is 86.6 Å². The summed E-state index contributed by atoms with van der Waals surface area (Å²) in [4.78, 5) is 94.3. The molecule has 0 aromatic heterocycles. The van der Waals surface area contributed by atoms with Crippen molar-refractivity contribution in [1.29, 1.82) is 0 Å². The van der Waals surface area contributed by atoms with E-state index in [1.807, 2.05) is 5.32 Å². The summed E-state index contributed by atoms with van der Waals surface area (Å²) >= 11 is 0. The first-order valence-corrected chi connectivity index (χ1v) is 18.9. The van der Waals surface area contributed by atoms with Gasteiger partial charge < -0.3 is 30.7 Å². The highest BCUT2D eigenvalue weighted by Crippen LogP contribution is 2.38. The van der Waals surface area contributed by atoms with E-state index in [-0.39, 0.29) is 37.1 Å². The second-order valence-corrected chi connectivity index (χ2v) is 15.1. The molecule has 1 aliphatic rings. The first-order chi connectivity index (χ1) is 27.7. The van der Waals surface area contributed by atoms with Crippen LogP contribution in [0.1, 0.15) is 79.3 Å². The van der Waals surface area contributed by atoms with Crippen LogP contribution in [-0.2, 0) is 41.7 Å². The largest absolute Gasteiger partial charge is 0.459 e. The minimum atomic E-state index is -5.51. The van der Waals surface area contributed by atoms with Crippen molar-refractivity contribution in [1.82, 2.24) is 26.2 Å². The van der Waals surface area contributed by atoms with Crippen molar-refractivity contribution < 1.29 is 56.2 Å². The van der Waals surface area contributed by atoms with Crippen LogP contribution in [0.2, 0.25) is 0 Å². The number of esters is 1. The van der Waals surface area contributed by atoms with Gasteiger partial charge >= 0.3 is 18.2 Å². The molecule has 1 heterocycles. The van der Waals surface area contributed by atoms with Crippen LogP contribution >= 0.6 is 0 Å². The molecule has 4 N–H and O–H groups in total. The number of alkyl halides is 3. The van der Waals surface area contributed by atoms with Gasteiger partial charge in [-0.25, -0.2) is 4.79 Å². The number of benzene rings is 3. The monoisotopic (exact) mass is 823 g/mol. The molecule has 0 bridgehead atoms. The molecular weight excluding hydrogens is 775 g/mol. The summed E-state index contributed by atoms with van der Waals surface area (Å²) in [7, 11) is 0. The quantitative estimate of drug-likeness (QED) is 0.0856. The van der Waals surface area contributed by atoms with Crippen LogP contribution in [0.4, 0.5) is 18.0 Å². The van der Waals surface area contributed by atoms with Crippen molar-refractivity contribution in [3.8, 4) is 0 Å². The number of carbonyl (C=O) groups excluding carboxylic acids is 7. The van der Waals surface area contributed by atoms with E-state index < -0.39 is 89.9 Å². The maximum absolute atomic E-state index is 15.5. The zero-order valence-corrected chi connectivity index (χ0v) is 33.3. The molecule has 0 radical (unpaired) electrons. The Hall–Kier alpha value is -6.26. The van der Waals surface area contributed by atoms with E-state index in [0.717, 1.165) is 13.8 Å². The first-order valence-electron chi connectivity index (χ1n) is 18.9. The summed E-state index contributed by atoms with van der Waals surface area (Å²) < 4.78 is 56.8. The highest BCUT2D eigenvalue weighted by atomic mass is 19.4.